The van der Waals surface area contributed by atoms with Gasteiger partial charge in [0.05, 0.1) is 10.5 Å². The summed E-state index contributed by atoms with van der Waals surface area (Å²) in [6.07, 6.45) is 2.42. The Kier molecular flexibility index (Phi) is 6.05. The third-order valence-electron chi connectivity index (χ3n) is 3.47. The number of hydrogen-bond donors (Lipinski definition) is 2. The highest BCUT2D eigenvalue weighted by Crippen LogP contribution is 2.18. The minimum absolute atomic E-state index is 0.110. The fourth-order valence-electron chi connectivity index (χ4n) is 2.12. The lowest BCUT2D eigenvalue weighted by Gasteiger charge is -2.13. The van der Waals surface area contributed by atoms with Gasteiger partial charge in [0.1, 0.15) is 0 Å². The van der Waals surface area contributed by atoms with Crippen molar-refractivity contribution in [3.63, 3.8) is 0 Å². The van der Waals surface area contributed by atoms with Crippen molar-refractivity contribution >= 4 is 29.3 Å². The zero-order chi connectivity index (χ0) is 19.1. The number of amides is 2. The highest BCUT2D eigenvalue weighted by molar-refractivity contribution is 5.98. The van der Waals surface area contributed by atoms with Crippen LogP contribution in [-0.4, -0.2) is 30.8 Å². The lowest BCUT2D eigenvalue weighted by molar-refractivity contribution is -0.385. The van der Waals surface area contributed by atoms with E-state index in [1.54, 1.807) is 24.3 Å². The Morgan fingerprint density at radius 2 is 1.81 bits per heavy atom. The van der Waals surface area contributed by atoms with E-state index in [0.717, 1.165) is 11.8 Å². The SMILES string of the molecule is CN(C)c1cccc(C(=O)NNC(=O)/C=C/c2ccccc2[N+](=O)[O-])c1. The van der Waals surface area contributed by atoms with Crippen molar-refractivity contribution in [3.05, 3.63) is 75.8 Å². The van der Waals surface area contributed by atoms with Crippen LogP contribution in [0.4, 0.5) is 11.4 Å². The Morgan fingerprint density at radius 1 is 1.08 bits per heavy atom. The molecule has 0 heterocycles. The zero-order valence-electron chi connectivity index (χ0n) is 14.3. The molecule has 0 atom stereocenters. The van der Waals surface area contributed by atoms with E-state index < -0.39 is 16.7 Å². The average Bonchev–Trinajstić information content (AvgIpc) is 2.64. The van der Waals surface area contributed by atoms with E-state index >= 15 is 0 Å². The molecule has 0 saturated carbocycles. The predicted molar refractivity (Wildman–Crippen MR) is 98.5 cm³/mol. The van der Waals surface area contributed by atoms with Gasteiger partial charge in [0.2, 0.25) is 0 Å². The summed E-state index contributed by atoms with van der Waals surface area (Å²) >= 11 is 0. The first-order chi connectivity index (χ1) is 12.4. The number of nitrogens with one attached hydrogen (secondary N) is 2. The van der Waals surface area contributed by atoms with E-state index in [1.807, 2.05) is 25.1 Å². The Bertz CT molecular complexity index is 862. The monoisotopic (exact) mass is 354 g/mol. The fourth-order valence-corrected chi connectivity index (χ4v) is 2.12. The first-order valence-corrected chi connectivity index (χ1v) is 7.67. The molecule has 0 unspecified atom stereocenters. The van der Waals surface area contributed by atoms with Crippen LogP contribution >= 0.6 is 0 Å². The summed E-state index contributed by atoms with van der Waals surface area (Å²) < 4.78 is 0. The molecule has 2 amide bonds. The van der Waals surface area contributed by atoms with Gasteiger partial charge in [0, 0.05) is 37.5 Å². The molecule has 0 saturated heterocycles. The number of nitro groups is 1. The number of benzene rings is 2. The number of nitro benzene ring substituents is 1. The van der Waals surface area contributed by atoms with Gasteiger partial charge in [-0.05, 0) is 30.3 Å². The third kappa shape index (κ3) is 4.91. The Labute approximate surface area is 150 Å². The van der Waals surface area contributed by atoms with Crippen molar-refractivity contribution in [2.24, 2.45) is 0 Å². The summed E-state index contributed by atoms with van der Waals surface area (Å²) in [5.74, 6) is -1.08. The van der Waals surface area contributed by atoms with Gasteiger partial charge in [-0.2, -0.15) is 0 Å². The van der Waals surface area contributed by atoms with Crippen LogP contribution in [0.5, 0.6) is 0 Å². The van der Waals surface area contributed by atoms with Crippen molar-refractivity contribution in [2.45, 2.75) is 0 Å². The molecule has 0 aliphatic heterocycles. The van der Waals surface area contributed by atoms with Gasteiger partial charge in [0.15, 0.2) is 0 Å². The van der Waals surface area contributed by atoms with Crippen molar-refractivity contribution in [1.82, 2.24) is 10.9 Å². The number of rotatable bonds is 5. The molecule has 0 fully saturated rings. The Balaban J connectivity index is 1.98. The second-order valence-electron chi connectivity index (χ2n) is 5.54. The number of anilines is 1. The molecule has 8 nitrogen and oxygen atoms in total. The molecule has 2 aromatic rings. The van der Waals surface area contributed by atoms with E-state index in [1.165, 1.54) is 24.3 Å². The van der Waals surface area contributed by atoms with Gasteiger partial charge in [-0.25, -0.2) is 0 Å². The number of nitrogens with zero attached hydrogens (tertiary/aromatic N) is 2. The number of para-hydroxylation sites is 1. The van der Waals surface area contributed by atoms with Crippen LogP contribution in [-0.2, 0) is 4.79 Å². The third-order valence-corrected chi connectivity index (χ3v) is 3.47. The Hall–Kier alpha value is -3.68. The van der Waals surface area contributed by atoms with E-state index in [9.17, 15) is 19.7 Å². The van der Waals surface area contributed by atoms with Gasteiger partial charge in [-0.3, -0.25) is 30.6 Å². The van der Waals surface area contributed by atoms with Crippen LogP contribution < -0.4 is 15.8 Å². The van der Waals surface area contributed by atoms with E-state index in [2.05, 4.69) is 10.9 Å². The molecule has 0 bridgehead atoms. The van der Waals surface area contributed by atoms with Crippen LogP contribution in [0, 0.1) is 10.1 Å². The van der Waals surface area contributed by atoms with Crippen molar-refractivity contribution in [1.29, 1.82) is 0 Å². The second-order valence-corrected chi connectivity index (χ2v) is 5.54. The summed E-state index contributed by atoms with van der Waals surface area (Å²) in [4.78, 5) is 36.1. The predicted octanol–water partition coefficient (Wildman–Crippen LogP) is 2.14. The maximum absolute atomic E-state index is 12.1. The minimum Gasteiger partial charge on any atom is -0.378 e. The number of hydrogen-bond acceptors (Lipinski definition) is 5. The summed E-state index contributed by atoms with van der Waals surface area (Å²) in [6, 6.07) is 12.9. The number of carbonyl (C=O) groups excluding carboxylic acids is 2. The first-order valence-electron chi connectivity index (χ1n) is 7.67. The molecule has 8 heteroatoms. The van der Waals surface area contributed by atoms with Gasteiger partial charge < -0.3 is 4.90 Å². The lowest BCUT2D eigenvalue weighted by Crippen LogP contribution is -2.40. The van der Waals surface area contributed by atoms with Crippen molar-refractivity contribution in [2.75, 3.05) is 19.0 Å². The maximum Gasteiger partial charge on any atom is 0.276 e. The average molecular weight is 354 g/mol. The Morgan fingerprint density at radius 3 is 2.50 bits per heavy atom. The smallest absolute Gasteiger partial charge is 0.276 e. The molecular formula is C18H18N4O4. The van der Waals surface area contributed by atoms with Crippen molar-refractivity contribution < 1.29 is 14.5 Å². The molecule has 0 radical (unpaired) electrons. The molecule has 0 aromatic heterocycles. The van der Waals surface area contributed by atoms with Crippen molar-refractivity contribution in [3.8, 4) is 0 Å². The second kappa shape index (κ2) is 8.43. The topological polar surface area (TPSA) is 105 Å². The minimum atomic E-state index is -0.611. The normalized spacial score (nSPS) is 10.4. The zero-order valence-corrected chi connectivity index (χ0v) is 14.3. The van der Waals surface area contributed by atoms with Crippen LogP contribution in [0.25, 0.3) is 6.08 Å². The highest BCUT2D eigenvalue weighted by atomic mass is 16.6. The van der Waals surface area contributed by atoms with E-state index in [0.29, 0.717) is 5.56 Å². The highest BCUT2D eigenvalue weighted by Gasteiger charge is 2.10. The molecule has 0 aliphatic rings. The van der Waals surface area contributed by atoms with E-state index in [4.69, 9.17) is 0 Å². The molecule has 134 valence electrons. The molecule has 26 heavy (non-hydrogen) atoms. The van der Waals surface area contributed by atoms with Gasteiger partial charge in [0.25, 0.3) is 17.5 Å². The molecule has 0 aliphatic carbocycles. The van der Waals surface area contributed by atoms with Gasteiger partial charge in [-0.15, -0.1) is 0 Å². The molecule has 2 N–H and O–H groups in total. The number of hydrazine groups is 1. The van der Waals surface area contributed by atoms with Gasteiger partial charge >= 0.3 is 0 Å². The summed E-state index contributed by atoms with van der Waals surface area (Å²) in [7, 11) is 3.71. The van der Waals surface area contributed by atoms with Crippen LogP contribution in [0.2, 0.25) is 0 Å². The van der Waals surface area contributed by atoms with Crippen LogP contribution in [0.3, 0.4) is 0 Å². The van der Waals surface area contributed by atoms with Gasteiger partial charge in [-0.1, -0.05) is 18.2 Å². The maximum atomic E-state index is 12.1. The molecule has 2 aromatic carbocycles. The van der Waals surface area contributed by atoms with E-state index in [-0.39, 0.29) is 11.3 Å². The van der Waals surface area contributed by atoms with Crippen LogP contribution in [0.1, 0.15) is 15.9 Å². The number of carbonyl (C=O) groups is 2. The molecular weight excluding hydrogens is 336 g/mol. The lowest BCUT2D eigenvalue weighted by atomic mass is 10.1. The summed E-state index contributed by atoms with van der Waals surface area (Å²) in [5, 5.41) is 10.9. The fraction of sp³-hybridized carbons (Fsp3) is 0.111. The van der Waals surface area contributed by atoms with Crippen LogP contribution in [0.15, 0.2) is 54.6 Å². The first kappa shape index (κ1) is 18.7. The largest absolute Gasteiger partial charge is 0.378 e. The summed E-state index contributed by atoms with van der Waals surface area (Å²) in [5.41, 5.74) is 5.95. The molecule has 2 rings (SSSR count). The molecule has 0 spiro atoms. The quantitative estimate of drug-likeness (QED) is 0.486. The standard InChI is InChI=1S/C18H18N4O4/c1-21(2)15-8-5-7-14(12-15)18(24)20-19-17(23)11-10-13-6-3-4-9-16(13)22(25)26/h3-12H,1-2H3,(H,19,23)(H,20,24)/b11-10+. The summed E-state index contributed by atoms with van der Waals surface area (Å²) in [6.45, 7) is 0.